The van der Waals surface area contributed by atoms with Crippen LogP contribution >= 0.6 is 0 Å². The van der Waals surface area contributed by atoms with Crippen molar-refractivity contribution < 1.29 is 8.42 Å². The lowest BCUT2D eigenvalue weighted by atomic mass is 10.2. The number of benzene rings is 1. The van der Waals surface area contributed by atoms with Gasteiger partial charge in [0, 0.05) is 12.8 Å². The summed E-state index contributed by atoms with van der Waals surface area (Å²) in [6.45, 7) is 2.07. The second-order valence-corrected chi connectivity index (χ2v) is 6.52. The highest BCUT2D eigenvalue weighted by molar-refractivity contribution is 7.90. The Morgan fingerprint density at radius 2 is 2.18 bits per heavy atom. The van der Waals surface area contributed by atoms with Crippen LogP contribution in [0.5, 0.6) is 0 Å². The van der Waals surface area contributed by atoms with E-state index in [9.17, 15) is 8.42 Å². The van der Waals surface area contributed by atoms with Gasteiger partial charge in [-0.3, -0.25) is 0 Å². The van der Waals surface area contributed by atoms with E-state index in [1.807, 2.05) is 18.2 Å². The molecule has 1 atom stereocenters. The van der Waals surface area contributed by atoms with Gasteiger partial charge in [0.05, 0.1) is 11.0 Å². The molecule has 2 aromatic rings. The number of hydrogen-bond acceptors (Lipinski definition) is 4. The molecule has 1 heterocycles. The summed E-state index contributed by atoms with van der Waals surface area (Å²) < 4.78 is 22.9. The van der Waals surface area contributed by atoms with Gasteiger partial charge in [0.1, 0.15) is 11.1 Å². The van der Waals surface area contributed by atoms with Gasteiger partial charge in [-0.1, -0.05) is 6.07 Å². The molecule has 3 N–H and O–H groups in total. The first-order valence-corrected chi connectivity index (χ1v) is 7.24. The summed E-state index contributed by atoms with van der Waals surface area (Å²) in [6.07, 6.45) is 1.20. The van der Waals surface area contributed by atoms with Gasteiger partial charge in [0.2, 0.25) is 0 Å². The standard InChI is InChI=1S/C11H15N3O2S/c1-7(17(2,15)16)11-13-9-4-3-8(6-12)5-10(9)14-11/h3-5,7H,6,12H2,1-2H3,(H,13,14). The number of nitrogens with one attached hydrogen (secondary N) is 1. The molecule has 0 amide bonds. The third kappa shape index (κ3) is 2.32. The third-order valence-corrected chi connectivity index (χ3v) is 4.34. The minimum Gasteiger partial charge on any atom is -0.341 e. The van der Waals surface area contributed by atoms with Crippen molar-refractivity contribution in [3.05, 3.63) is 29.6 Å². The van der Waals surface area contributed by atoms with Gasteiger partial charge in [-0.2, -0.15) is 0 Å². The fourth-order valence-corrected chi connectivity index (χ4v) is 2.12. The molecule has 1 unspecified atom stereocenters. The van der Waals surface area contributed by atoms with E-state index < -0.39 is 15.1 Å². The molecule has 0 radical (unpaired) electrons. The van der Waals surface area contributed by atoms with Gasteiger partial charge in [-0.05, 0) is 24.6 Å². The molecule has 0 spiro atoms. The Kier molecular flexibility index (Phi) is 2.92. The molecular formula is C11H15N3O2S. The maximum atomic E-state index is 11.5. The average Bonchev–Trinajstić information content (AvgIpc) is 2.68. The summed E-state index contributed by atoms with van der Waals surface area (Å²) in [7, 11) is -3.14. The fraction of sp³-hybridized carbons (Fsp3) is 0.364. The third-order valence-electron chi connectivity index (χ3n) is 2.83. The molecule has 0 saturated heterocycles. The SMILES string of the molecule is CC(c1nc2ccc(CN)cc2[nH]1)S(C)(=O)=O. The van der Waals surface area contributed by atoms with Crippen LogP contribution in [-0.4, -0.2) is 24.6 Å². The molecular weight excluding hydrogens is 238 g/mol. The Hall–Kier alpha value is -1.40. The summed E-state index contributed by atoms with van der Waals surface area (Å²) in [6, 6.07) is 5.62. The summed E-state index contributed by atoms with van der Waals surface area (Å²) >= 11 is 0. The summed E-state index contributed by atoms with van der Waals surface area (Å²) in [5.41, 5.74) is 8.11. The maximum Gasteiger partial charge on any atom is 0.157 e. The van der Waals surface area contributed by atoms with Crippen molar-refractivity contribution in [2.45, 2.75) is 18.7 Å². The molecule has 0 saturated carbocycles. The molecule has 2 rings (SSSR count). The zero-order valence-electron chi connectivity index (χ0n) is 9.77. The Morgan fingerprint density at radius 3 is 2.76 bits per heavy atom. The smallest absolute Gasteiger partial charge is 0.157 e. The minimum absolute atomic E-state index is 0.450. The lowest BCUT2D eigenvalue weighted by Gasteiger charge is -2.04. The molecule has 0 bridgehead atoms. The predicted octanol–water partition coefficient (Wildman–Crippen LogP) is 1.13. The van der Waals surface area contributed by atoms with E-state index in [2.05, 4.69) is 9.97 Å². The van der Waals surface area contributed by atoms with Crippen molar-refractivity contribution in [3.8, 4) is 0 Å². The number of fused-ring (bicyclic) bond motifs is 1. The van der Waals surface area contributed by atoms with Crippen molar-refractivity contribution in [2.75, 3.05) is 6.26 Å². The largest absolute Gasteiger partial charge is 0.341 e. The van der Waals surface area contributed by atoms with Crippen molar-refractivity contribution in [3.63, 3.8) is 0 Å². The van der Waals surface area contributed by atoms with Crippen LogP contribution in [0.25, 0.3) is 11.0 Å². The van der Waals surface area contributed by atoms with Crippen LogP contribution < -0.4 is 5.73 Å². The fourth-order valence-electron chi connectivity index (χ4n) is 1.60. The Morgan fingerprint density at radius 1 is 1.47 bits per heavy atom. The zero-order chi connectivity index (χ0) is 12.6. The maximum absolute atomic E-state index is 11.5. The average molecular weight is 253 g/mol. The summed E-state index contributed by atoms with van der Waals surface area (Å²) in [5.74, 6) is 0.469. The van der Waals surface area contributed by atoms with Crippen LogP contribution in [0.3, 0.4) is 0 Å². The highest BCUT2D eigenvalue weighted by Gasteiger charge is 2.20. The number of imidazole rings is 1. The van der Waals surface area contributed by atoms with E-state index in [-0.39, 0.29) is 0 Å². The van der Waals surface area contributed by atoms with Crippen molar-refractivity contribution in [1.82, 2.24) is 9.97 Å². The van der Waals surface area contributed by atoms with E-state index in [0.29, 0.717) is 12.4 Å². The van der Waals surface area contributed by atoms with Crippen molar-refractivity contribution >= 4 is 20.9 Å². The number of aromatic amines is 1. The Bertz CT molecular complexity index is 646. The van der Waals surface area contributed by atoms with Gasteiger partial charge in [-0.15, -0.1) is 0 Å². The van der Waals surface area contributed by atoms with Crippen LogP contribution in [0, 0.1) is 0 Å². The van der Waals surface area contributed by atoms with Crippen molar-refractivity contribution in [1.29, 1.82) is 0 Å². The van der Waals surface area contributed by atoms with Crippen LogP contribution in [-0.2, 0) is 16.4 Å². The number of H-pyrrole nitrogens is 1. The molecule has 1 aromatic carbocycles. The Labute approximate surface area is 100.0 Å². The molecule has 17 heavy (non-hydrogen) atoms. The lowest BCUT2D eigenvalue weighted by molar-refractivity contribution is 0.590. The van der Waals surface area contributed by atoms with E-state index in [1.165, 1.54) is 6.26 Å². The van der Waals surface area contributed by atoms with Crippen LogP contribution in [0.15, 0.2) is 18.2 Å². The van der Waals surface area contributed by atoms with Gasteiger partial charge < -0.3 is 10.7 Å². The molecule has 5 nitrogen and oxygen atoms in total. The highest BCUT2D eigenvalue weighted by Crippen LogP contribution is 2.22. The minimum atomic E-state index is -3.14. The van der Waals surface area contributed by atoms with Crippen LogP contribution in [0.2, 0.25) is 0 Å². The second kappa shape index (κ2) is 4.12. The van der Waals surface area contributed by atoms with Gasteiger partial charge in [0.25, 0.3) is 0 Å². The van der Waals surface area contributed by atoms with Crippen LogP contribution in [0.4, 0.5) is 0 Å². The van der Waals surface area contributed by atoms with Gasteiger partial charge in [0.15, 0.2) is 9.84 Å². The predicted molar refractivity (Wildman–Crippen MR) is 67.2 cm³/mol. The molecule has 0 aliphatic rings. The first kappa shape index (κ1) is 12.1. The van der Waals surface area contributed by atoms with E-state index in [1.54, 1.807) is 6.92 Å². The number of rotatable bonds is 3. The molecule has 0 fully saturated rings. The quantitative estimate of drug-likeness (QED) is 0.858. The highest BCUT2D eigenvalue weighted by atomic mass is 32.2. The molecule has 0 aliphatic heterocycles. The number of aromatic nitrogens is 2. The monoisotopic (exact) mass is 253 g/mol. The summed E-state index contributed by atoms with van der Waals surface area (Å²) in [5, 5.41) is -0.628. The van der Waals surface area contributed by atoms with E-state index in [4.69, 9.17) is 5.73 Å². The van der Waals surface area contributed by atoms with Gasteiger partial charge in [-0.25, -0.2) is 13.4 Å². The molecule has 92 valence electrons. The first-order valence-electron chi connectivity index (χ1n) is 5.29. The molecule has 6 heteroatoms. The number of sulfone groups is 1. The number of nitrogens with two attached hydrogens (primary N) is 1. The van der Waals surface area contributed by atoms with E-state index in [0.717, 1.165) is 16.6 Å². The molecule has 0 aliphatic carbocycles. The molecule has 1 aromatic heterocycles. The summed E-state index contributed by atoms with van der Waals surface area (Å²) in [4.78, 5) is 7.31. The van der Waals surface area contributed by atoms with Crippen molar-refractivity contribution in [2.24, 2.45) is 5.73 Å². The Balaban J connectivity index is 2.51. The second-order valence-electron chi connectivity index (χ2n) is 4.15. The normalized spacial score (nSPS) is 14.1. The zero-order valence-corrected chi connectivity index (χ0v) is 10.6. The topological polar surface area (TPSA) is 88.8 Å². The lowest BCUT2D eigenvalue weighted by Crippen LogP contribution is -2.09. The first-order chi connectivity index (χ1) is 7.91. The van der Waals surface area contributed by atoms with Gasteiger partial charge >= 0.3 is 0 Å². The van der Waals surface area contributed by atoms with E-state index >= 15 is 0 Å². The number of nitrogens with zero attached hydrogens (tertiary/aromatic N) is 1. The number of hydrogen-bond donors (Lipinski definition) is 2. The van der Waals surface area contributed by atoms with Crippen LogP contribution in [0.1, 0.15) is 23.6 Å².